The molecule has 26 heavy (non-hydrogen) atoms. The first-order chi connectivity index (χ1) is 12.3. The van der Waals surface area contributed by atoms with E-state index < -0.39 is 0 Å². The van der Waals surface area contributed by atoms with Crippen molar-refractivity contribution in [2.24, 2.45) is 10.9 Å². The van der Waals surface area contributed by atoms with Crippen molar-refractivity contribution in [3.8, 4) is 0 Å². The topological polar surface area (TPSA) is 42.9 Å². The molecule has 0 spiro atoms. The lowest BCUT2D eigenvalue weighted by Gasteiger charge is -2.40. The number of thiophene rings is 1. The fourth-order valence-electron chi connectivity index (χ4n) is 3.42. The van der Waals surface area contributed by atoms with Crippen LogP contribution in [0.5, 0.6) is 0 Å². The molecular formula is C20H37N5S. The molecule has 0 aromatic carbocycles. The number of rotatable bonds is 7. The molecule has 0 amide bonds. The zero-order valence-electron chi connectivity index (χ0n) is 17.4. The molecular weight excluding hydrogens is 342 g/mol. The third-order valence-electron chi connectivity index (χ3n) is 5.36. The van der Waals surface area contributed by atoms with Crippen LogP contribution >= 0.6 is 11.3 Å². The average molecular weight is 380 g/mol. The number of piperazine rings is 1. The van der Waals surface area contributed by atoms with E-state index >= 15 is 0 Å². The summed E-state index contributed by atoms with van der Waals surface area (Å²) in [6, 6.07) is 4.87. The molecule has 0 aliphatic carbocycles. The molecule has 148 valence electrons. The number of aliphatic imine (C=N–C) groups is 1. The summed E-state index contributed by atoms with van der Waals surface area (Å²) in [5.74, 6) is 1.51. The second-order valence-corrected chi connectivity index (χ2v) is 9.27. The van der Waals surface area contributed by atoms with Crippen LogP contribution in [0.4, 0.5) is 0 Å². The van der Waals surface area contributed by atoms with Gasteiger partial charge in [-0.1, -0.05) is 33.8 Å². The van der Waals surface area contributed by atoms with Crippen LogP contribution < -0.4 is 10.6 Å². The van der Waals surface area contributed by atoms with Gasteiger partial charge in [0.25, 0.3) is 0 Å². The zero-order chi connectivity index (χ0) is 19.2. The van der Waals surface area contributed by atoms with Crippen LogP contribution in [0.25, 0.3) is 0 Å². The van der Waals surface area contributed by atoms with Crippen LogP contribution in [-0.4, -0.2) is 75.2 Å². The minimum Gasteiger partial charge on any atom is -0.356 e. The highest BCUT2D eigenvalue weighted by atomic mass is 32.1. The molecule has 1 aromatic heterocycles. The zero-order valence-corrected chi connectivity index (χ0v) is 18.2. The van der Waals surface area contributed by atoms with Crippen LogP contribution in [0.15, 0.2) is 22.5 Å². The first-order valence-electron chi connectivity index (χ1n) is 9.74. The summed E-state index contributed by atoms with van der Waals surface area (Å²) in [4.78, 5) is 10.9. The molecule has 1 aliphatic rings. The SMILES string of the molecule is CN=C(NCC(C(C)C)N1CCN(C)CC1)NCC(C)(C)c1cccs1. The van der Waals surface area contributed by atoms with Crippen LogP contribution in [0.1, 0.15) is 32.6 Å². The van der Waals surface area contributed by atoms with Gasteiger partial charge in [-0.2, -0.15) is 0 Å². The van der Waals surface area contributed by atoms with E-state index in [1.54, 1.807) is 0 Å². The fraction of sp³-hybridized carbons (Fsp3) is 0.750. The molecule has 0 bridgehead atoms. The highest BCUT2D eigenvalue weighted by Crippen LogP contribution is 2.26. The number of hydrogen-bond donors (Lipinski definition) is 2. The molecule has 1 atom stereocenters. The second-order valence-electron chi connectivity index (χ2n) is 8.32. The van der Waals surface area contributed by atoms with Crippen molar-refractivity contribution in [3.63, 3.8) is 0 Å². The third kappa shape index (κ3) is 5.96. The van der Waals surface area contributed by atoms with E-state index in [4.69, 9.17) is 0 Å². The van der Waals surface area contributed by atoms with Gasteiger partial charge < -0.3 is 15.5 Å². The number of nitrogens with zero attached hydrogens (tertiary/aromatic N) is 3. The van der Waals surface area contributed by atoms with Gasteiger partial charge in [-0.3, -0.25) is 9.89 Å². The summed E-state index contributed by atoms with van der Waals surface area (Å²) in [5, 5.41) is 9.23. The summed E-state index contributed by atoms with van der Waals surface area (Å²) in [7, 11) is 4.06. The number of nitrogens with one attached hydrogen (secondary N) is 2. The lowest BCUT2D eigenvalue weighted by atomic mass is 9.91. The standard InChI is InChI=1S/C20H37N5S/c1-16(2)17(25-11-9-24(6)10-12-25)14-22-19(21-5)23-15-20(3,4)18-8-7-13-26-18/h7-8,13,16-17H,9-12,14-15H2,1-6H3,(H2,21,22,23). The maximum Gasteiger partial charge on any atom is 0.191 e. The van der Waals surface area contributed by atoms with Crippen molar-refractivity contribution >= 4 is 17.3 Å². The molecule has 1 fully saturated rings. The van der Waals surface area contributed by atoms with Gasteiger partial charge in [-0.05, 0) is 24.4 Å². The van der Waals surface area contributed by atoms with Crippen molar-refractivity contribution in [3.05, 3.63) is 22.4 Å². The van der Waals surface area contributed by atoms with Gasteiger partial charge in [0.1, 0.15) is 0 Å². The van der Waals surface area contributed by atoms with Gasteiger partial charge in [-0.25, -0.2) is 0 Å². The number of hydrogen-bond acceptors (Lipinski definition) is 4. The van der Waals surface area contributed by atoms with Crippen molar-refractivity contribution in [1.29, 1.82) is 0 Å². The quantitative estimate of drug-likeness (QED) is 0.564. The Hall–Kier alpha value is -1.11. The minimum atomic E-state index is 0.0979. The summed E-state index contributed by atoms with van der Waals surface area (Å²) in [6.45, 7) is 15.6. The Morgan fingerprint density at radius 1 is 1.23 bits per heavy atom. The van der Waals surface area contributed by atoms with Gasteiger partial charge in [0.2, 0.25) is 0 Å². The van der Waals surface area contributed by atoms with Crippen molar-refractivity contribution < 1.29 is 0 Å². The molecule has 2 N–H and O–H groups in total. The maximum atomic E-state index is 4.43. The molecule has 5 nitrogen and oxygen atoms in total. The van der Waals surface area contributed by atoms with Gasteiger partial charge in [0, 0.05) is 62.7 Å². The molecule has 0 radical (unpaired) electrons. The second kappa shape index (κ2) is 9.72. The lowest BCUT2D eigenvalue weighted by Crippen LogP contribution is -2.55. The fourth-order valence-corrected chi connectivity index (χ4v) is 4.27. The highest BCUT2D eigenvalue weighted by Gasteiger charge is 2.26. The van der Waals surface area contributed by atoms with Crippen LogP contribution in [0.3, 0.4) is 0 Å². The molecule has 1 aliphatic heterocycles. The first kappa shape index (κ1) is 21.2. The number of likely N-dealkylation sites (N-methyl/N-ethyl adjacent to an activating group) is 1. The predicted molar refractivity (Wildman–Crippen MR) is 114 cm³/mol. The lowest BCUT2D eigenvalue weighted by molar-refractivity contribution is 0.0900. The Kier molecular flexibility index (Phi) is 7.92. The summed E-state index contributed by atoms with van der Waals surface area (Å²) in [6.07, 6.45) is 0. The summed E-state index contributed by atoms with van der Waals surface area (Å²) >= 11 is 1.82. The Labute approximate surface area is 163 Å². The molecule has 1 aromatic rings. The van der Waals surface area contributed by atoms with Gasteiger partial charge >= 0.3 is 0 Å². The van der Waals surface area contributed by atoms with Gasteiger partial charge in [0.05, 0.1) is 0 Å². The summed E-state index contributed by atoms with van der Waals surface area (Å²) < 4.78 is 0. The largest absolute Gasteiger partial charge is 0.356 e. The van der Waals surface area contributed by atoms with Crippen molar-refractivity contribution in [2.75, 3.05) is 53.4 Å². The highest BCUT2D eigenvalue weighted by molar-refractivity contribution is 7.10. The Bertz CT molecular complexity index is 545. The maximum absolute atomic E-state index is 4.43. The van der Waals surface area contributed by atoms with Crippen LogP contribution in [0.2, 0.25) is 0 Å². The van der Waals surface area contributed by atoms with E-state index in [9.17, 15) is 0 Å². The Morgan fingerprint density at radius 2 is 1.92 bits per heavy atom. The van der Waals surface area contributed by atoms with Gasteiger partial charge in [0.15, 0.2) is 5.96 Å². The average Bonchev–Trinajstić information content (AvgIpc) is 3.14. The molecule has 2 heterocycles. The third-order valence-corrected chi connectivity index (χ3v) is 6.60. The molecule has 2 rings (SSSR count). The van der Waals surface area contributed by atoms with Crippen LogP contribution in [-0.2, 0) is 5.41 Å². The molecule has 0 saturated carbocycles. The monoisotopic (exact) mass is 379 g/mol. The van der Waals surface area contributed by atoms with E-state index in [0.717, 1.165) is 45.2 Å². The van der Waals surface area contributed by atoms with E-state index in [0.29, 0.717) is 12.0 Å². The van der Waals surface area contributed by atoms with E-state index in [2.05, 4.69) is 77.7 Å². The van der Waals surface area contributed by atoms with Crippen molar-refractivity contribution in [2.45, 2.75) is 39.2 Å². The minimum absolute atomic E-state index is 0.0979. The Balaban J connectivity index is 1.86. The van der Waals surface area contributed by atoms with Gasteiger partial charge in [-0.15, -0.1) is 11.3 Å². The Morgan fingerprint density at radius 3 is 2.46 bits per heavy atom. The van der Waals surface area contributed by atoms with E-state index in [1.807, 2.05) is 18.4 Å². The molecule has 1 unspecified atom stereocenters. The molecule has 6 heteroatoms. The number of guanidine groups is 1. The van der Waals surface area contributed by atoms with Crippen molar-refractivity contribution in [1.82, 2.24) is 20.4 Å². The molecule has 1 saturated heterocycles. The normalized spacial score (nSPS) is 19.0. The summed E-state index contributed by atoms with van der Waals surface area (Å²) in [5.41, 5.74) is 0.0979. The first-order valence-corrected chi connectivity index (χ1v) is 10.6. The van der Waals surface area contributed by atoms with E-state index in [1.165, 1.54) is 4.88 Å². The van der Waals surface area contributed by atoms with Crippen LogP contribution in [0, 0.1) is 5.92 Å². The van der Waals surface area contributed by atoms with E-state index in [-0.39, 0.29) is 5.41 Å². The predicted octanol–water partition coefficient (Wildman–Crippen LogP) is 2.46. The smallest absolute Gasteiger partial charge is 0.191 e.